The van der Waals surface area contributed by atoms with E-state index in [-0.39, 0.29) is 6.03 Å². The van der Waals surface area contributed by atoms with Crippen LogP contribution in [0.2, 0.25) is 0 Å². The number of rotatable bonds is 4. The summed E-state index contributed by atoms with van der Waals surface area (Å²) in [6.45, 7) is 4.74. The van der Waals surface area contributed by atoms with Crippen molar-refractivity contribution in [1.29, 1.82) is 0 Å². The van der Waals surface area contributed by atoms with Gasteiger partial charge in [-0.2, -0.15) is 4.68 Å². The molecule has 0 bridgehead atoms. The first-order valence-corrected chi connectivity index (χ1v) is 8.55. The van der Waals surface area contributed by atoms with E-state index >= 15 is 0 Å². The Hall–Kier alpha value is -2.44. The van der Waals surface area contributed by atoms with E-state index < -0.39 is 5.54 Å². The van der Waals surface area contributed by atoms with Crippen LogP contribution in [-0.2, 0) is 5.54 Å². The maximum absolute atomic E-state index is 12.2. The molecule has 1 aromatic carbocycles. The minimum atomic E-state index is -0.537. The summed E-state index contributed by atoms with van der Waals surface area (Å²) < 4.78 is 1.74. The van der Waals surface area contributed by atoms with Gasteiger partial charge in [-0.15, -0.1) is 5.10 Å². The number of amides is 2. The van der Waals surface area contributed by atoms with E-state index in [0.717, 1.165) is 31.4 Å². The van der Waals surface area contributed by atoms with Gasteiger partial charge >= 0.3 is 6.03 Å². The van der Waals surface area contributed by atoms with Gasteiger partial charge < -0.3 is 10.6 Å². The third-order valence-electron chi connectivity index (χ3n) is 4.72. The molecule has 0 saturated heterocycles. The van der Waals surface area contributed by atoms with Crippen molar-refractivity contribution >= 4 is 6.03 Å². The second kappa shape index (κ2) is 6.98. The Bertz CT molecular complexity index is 675. The van der Waals surface area contributed by atoms with Crippen molar-refractivity contribution in [2.75, 3.05) is 6.54 Å². The Balaban J connectivity index is 1.98. The molecule has 3 rings (SSSR count). The summed E-state index contributed by atoms with van der Waals surface area (Å²) in [6.07, 6.45) is 3.74. The second-order valence-electron chi connectivity index (χ2n) is 6.50. The molecule has 0 unspecified atom stereocenters. The maximum Gasteiger partial charge on any atom is 0.315 e. The predicted octanol–water partition coefficient (Wildman–Crippen LogP) is 2.39. The Morgan fingerprint density at radius 2 is 2.00 bits per heavy atom. The van der Waals surface area contributed by atoms with Crippen molar-refractivity contribution in [3.8, 4) is 5.69 Å². The summed E-state index contributed by atoms with van der Waals surface area (Å²) in [5, 5.41) is 18.3. The smallest absolute Gasteiger partial charge is 0.315 e. The van der Waals surface area contributed by atoms with Crippen LogP contribution in [0.4, 0.5) is 4.79 Å². The zero-order valence-electron chi connectivity index (χ0n) is 14.2. The third-order valence-corrected chi connectivity index (χ3v) is 4.72. The average molecular weight is 328 g/mol. The highest BCUT2D eigenvalue weighted by molar-refractivity contribution is 5.74. The molecule has 1 aliphatic carbocycles. The van der Waals surface area contributed by atoms with E-state index in [0.29, 0.717) is 18.3 Å². The predicted molar refractivity (Wildman–Crippen MR) is 90.7 cm³/mol. The van der Waals surface area contributed by atoms with E-state index in [1.807, 2.05) is 37.3 Å². The molecule has 2 amide bonds. The van der Waals surface area contributed by atoms with Gasteiger partial charge in [0.15, 0.2) is 5.82 Å². The van der Waals surface area contributed by atoms with Crippen LogP contribution in [0.5, 0.6) is 0 Å². The number of carbonyl (C=O) groups excluding carboxylic acids is 1. The first kappa shape index (κ1) is 16.4. The lowest BCUT2D eigenvalue weighted by Gasteiger charge is -2.38. The minimum absolute atomic E-state index is 0.172. The summed E-state index contributed by atoms with van der Waals surface area (Å²) >= 11 is 0. The molecule has 1 aromatic heterocycles. The van der Waals surface area contributed by atoms with Crippen LogP contribution in [0.25, 0.3) is 5.69 Å². The number of nitrogens with zero attached hydrogens (tertiary/aromatic N) is 4. The van der Waals surface area contributed by atoms with Crippen molar-refractivity contribution in [3.63, 3.8) is 0 Å². The van der Waals surface area contributed by atoms with Crippen LogP contribution < -0.4 is 10.6 Å². The molecule has 1 fully saturated rings. The molecule has 1 aliphatic rings. The monoisotopic (exact) mass is 328 g/mol. The van der Waals surface area contributed by atoms with Crippen molar-refractivity contribution in [2.45, 2.75) is 45.1 Å². The molecule has 0 spiro atoms. The zero-order valence-corrected chi connectivity index (χ0v) is 14.2. The van der Waals surface area contributed by atoms with Crippen LogP contribution in [0.15, 0.2) is 30.3 Å². The van der Waals surface area contributed by atoms with Gasteiger partial charge in [0.2, 0.25) is 0 Å². The molecule has 1 heterocycles. The number of hydrogen-bond donors (Lipinski definition) is 2. The molecule has 2 aromatic rings. The Kier molecular flexibility index (Phi) is 4.78. The van der Waals surface area contributed by atoms with E-state index in [4.69, 9.17) is 0 Å². The maximum atomic E-state index is 12.2. The van der Waals surface area contributed by atoms with Crippen molar-refractivity contribution in [2.24, 2.45) is 5.92 Å². The fraction of sp³-hybridized carbons (Fsp3) is 0.529. The van der Waals surface area contributed by atoms with Gasteiger partial charge in [-0.05, 0) is 61.1 Å². The highest BCUT2D eigenvalue weighted by Gasteiger charge is 2.42. The summed E-state index contributed by atoms with van der Waals surface area (Å²) in [5.74, 6) is 1.35. The van der Waals surface area contributed by atoms with Gasteiger partial charge in [0.25, 0.3) is 0 Å². The van der Waals surface area contributed by atoms with Crippen LogP contribution in [-0.4, -0.2) is 32.8 Å². The first-order chi connectivity index (χ1) is 11.6. The highest BCUT2D eigenvalue weighted by Crippen LogP contribution is 2.38. The molecule has 128 valence electrons. The highest BCUT2D eigenvalue weighted by atomic mass is 16.2. The Labute approximate surface area is 141 Å². The van der Waals surface area contributed by atoms with Crippen molar-refractivity contribution < 1.29 is 4.79 Å². The quantitative estimate of drug-likeness (QED) is 0.902. The van der Waals surface area contributed by atoms with Crippen LogP contribution >= 0.6 is 0 Å². The number of tetrazole rings is 1. The molecular formula is C17H24N6O. The molecule has 0 aliphatic heterocycles. The largest absolute Gasteiger partial charge is 0.338 e. The summed E-state index contributed by atoms with van der Waals surface area (Å²) in [6, 6.07) is 9.62. The van der Waals surface area contributed by atoms with Gasteiger partial charge in [0.05, 0.1) is 5.69 Å². The number of para-hydroxylation sites is 1. The van der Waals surface area contributed by atoms with Crippen LogP contribution in [0.1, 0.15) is 45.4 Å². The van der Waals surface area contributed by atoms with Crippen molar-refractivity contribution in [3.05, 3.63) is 36.2 Å². The summed E-state index contributed by atoms with van der Waals surface area (Å²) in [4.78, 5) is 12.2. The number of urea groups is 1. The average Bonchev–Trinajstić information content (AvgIpc) is 3.09. The lowest BCUT2D eigenvalue weighted by Crippen LogP contribution is -2.53. The number of carbonyl (C=O) groups is 1. The summed E-state index contributed by atoms with van der Waals surface area (Å²) in [5.41, 5.74) is 0.360. The zero-order chi connectivity index (χ0) is 17.0. The SMILES string of the molecule is CCNC(=O)NC1(c2nnnn2-c2ccccc2)CCC(C)CC1. The summed E-state index contributed by atoms with van der Waals surface area (Å²) in [7, 11) is 0. The normalized spacial score (nSPS) is 23.7. The minimum Gasteiger partial charge on any atom is -0.338 e. The van der Waals surface area contributed by atoms with Gasteiger partial charge in [-0.3, -0.25) is 0 Å². The number of aromatic nitrogens is 4. The van der Waals surface area contributed by atoms with Crippen LogP contribution in [0.3, 0.4) is 0 Å². The van der Waals surface area contributed by atoms with E-state index in [2.05, 4.69) is 33.1 Å². The van der Waals surface area contributed by atoms with Crippen LogP contribution in [0, 0.1) is 5.92 Å². The Morgan fingerprint density at radius 3 is 2.67 bits per heavy atom. The van der Waals surface area contributed by atoms with E-state index in [1.54, 1.807) is 4.68 Å². The fourth-order valence-electron chi connectivity index (χ4n) is 3.31. The van der Waals surface area contributed by atoms with Gasteiger partial charge in [-0.1, -0.05) is 25.1 Å². The second-order valence-corrected chi connectivity index (χ2v) is 6.50. The van der Waals surface area contributed by atoms with Gasteiger partial charge in [0, 0.05) is 6.54 Å². The number of nitrogens with one attached hydrogen (secondary N) is 2. The van der Waals surface area contributed by atoms with Crippen molar-refractivity contribution in [1.82, 2.24) is 30.8 Å². The molecule has 24 heavy (non-hydrogen) atoms. The third kappa shape index (κ3) is 3.25. The molecule has 0 radical (unpaired) electrons. The molecule has 1 saturated carbocycles. The number of hydrogen-bond acceptors (Lipinski definition) is 4. The number of benzene rings is 1. The Morgan fingerprint density at radius 1 is 1.29 bits per heavy atom. The van der Waals surface area contributed by atoms with Gasteiger partial charge in [0.1, 0.15) is 5.54 Å². The molecule has 7 heteroatoms. The molecule has 2 N–H and O–H groups in total. The van der Waals surface area contributed by atoms with E-state index in [9.17, 15) is 4.79 Å². The topological polar surface area (TPSA) is 84.7 Å². The molecular weight excluding hydrogens is 304 g/mol. The lowest BCUT2D eigenvalue weighted by atomic mass is 9.76. The standard InChI is InChI=1S/C17H24N6O/c1-3-18-16(24)19-17(11-9-13(2)10-12-17)15-20-21-22-23(15)14-7-5-4-6-8-14/h4-8,13H,3,9-12H2,1-2H3,(H2,18,19,24). The molecule has 0 atom stereocenters. The molecule has 7 nitrogen and oxygen atoms in total. The van der Waals surface area contributed by atoms with E-state index in [1.165, 1.54) is 0 Å². The first-order valence-electron chi connectivity index (χ1n) is 8.55. The van der Waals surface area contributed by atoms with Gasteiger partial charge in [-0.25, -0.2) is 4.79 Å². The fourth-order valence-corrected chi connectivity index (χ4v) is 3.31. The lowest BCUT2D eigenvalue weighted by molar-refractivity contribution is 0.176.